The van der Waals surface area contributed by atoms with Crippen LogP contribution in [-0.2, 0) is 16.6 Å². The van der Waals surface area contributed by atoms with Gasteiger partial charge in [0.1, 0.15) is 5.75 Å². The number of para-hydroxylation sites is 1. The molecule has 5 heteroatoms. The van der Waals surface area contributed by atoms with Gasteiger partial charge in [-0.15, -0.1) is 0 Å². The van der Waals surface area contributed by atoms with Crippen LogP contribution < -0.4 is 10.3 Å². The Bertz CT molecular complexity index is 810. The monoisotopic (exact) mass is 387 g/mol. The normalized spacial score (nSPS) is 11.1. The number of pyridine rings is 1. The third-order valence-electron chi connectivity index (χ3n) is 4.88. The van der Waals surface area contributed by atoms with Gasteiger partial charge in [-0.2, -0.15) is 0 Å². The number of nitrogens with zero attached hydrogens (tertiary/aromatic N) is 1. The van der Waals surface area contributed by atoms with Gasteiger partial charge in [-0.1, -0.05) is 58.1 Å². The fourth-order valence-electron chi connectivity index (χ4n) is 3.11. The lowest BCUT2D eigenvalue weighted by molar-refractivity contribution is -0.147. The third kappa shape index (κ3) is 6.70. The van der Waals surface area contributed by atoms with Crippen LogP contribution in [0.4, 0.5) is 0 Å². The first kappa shape index (κ1) is 22.0. The highest BCUT2D eigenvalue weighted by Gasteiger charge is 2.08. The number of aryl methyl sites for hydroxylation is 1. The maximum absolute atomic E-state index is 12.1. The van der Waals surface area contributed by atoms with Crippen molar-refractivity contribution in [3.05, 3.63) is 40.7 Å². The van der Waals surface area contributed by atoms with Crippen molar-refractivity contribution in [1.29, 1.82) is 0 Å². The van der Waals surface area contributed by atoms with E-state index in [4.69, 9.17) is 9.47 Å². The van der Waals surface area contributed by atoms with E-state index in [1.54, 1.807) is 17.7 Å². The highest BCUT2D eigenvalue weighted by atomic mass is 16.5. The largest absolute Gasteiger partial charge is 0.493 e. The SMILES string of the molecule is CC(C)C(=O)OCCCCCCCCCOc1cc(=O)n(C)c2ccccc12. The minimum absolute atomic E-state index is 0.0425. The van der Waals surface area contributed by atoms with Crippen LogP contribution in [0, 0.1) is 5.92 Å². The van der Waals surface area contributed by atoms with Crippen LogP contribution in [0.25, 0.3) is 10.9 Å². The van der Waals surface area contributed by atoms with Gasteiger partial charge >= 0.3 is 5.97 Å². The number of unbranched alkanes of at least 4 members (excludes halogenated alkanes) is 6. The van der Waals surface area contributed by atoms with Crippen molar-refractivity contribution in [2.75, 3.05) is 13.2 Å². The summed E-state index contributed by atoms with van der Waals surface area (Å²) in [5, 5.41) is 0.975. The number of esters is 1. The Labute approximate surface area is 167 Å². The zero-order chi connectivity index (χ0) is 20.4. The Hall–Kier alpha value is -2.30. The van der Waals surface area contributed by atoms with E-state index >= 15 is 0 Å². The summed E-state index contributed by atoms with van der Waals surface area (Å²) in [7, 11) is 1.78. The number of rotatable bonds is 12. The molecule has 0 fully saturated rings. The number of carbonyl (C=O) groups is 1. The maximum Gasteiger partial charge on any atom is 0.308 e. The lowest BCUT2D eigenvalue weighted by Crippen LogP contribution is -2.16. The molecular weight excluding hydrogens is 354 g/mol. The molecule has 2 rings (SSSR count). The first-order chi connectivity index (χ1) is 13.5. The first-order valence-electron chi connectivity index (χ1n) is 10.4. The fourth-order valence-corrected chi connectivity index (χ4v) is 3.11. The Morgan fingerprint density at radius 2 is 1.57 bits per heavy atom. The summed E-state index contributed by atoms with van der Waals surface area (Å²) in [4.78, 5) is 23.4. The molecule has 0 aliphatic rings. The number of benzene rings is 1. The molecule has 1 heterocycles. The zero-order valence-corrected chi connectivity index (χ0v) is 17.4. The average Bonchev–Trinajstić information content (AvgIpc) is 2.69. The van der Waals surface area contributed by atoms with Gasteiger partial charge in [0.25, 0.3) is 5.56 Å². The molecule has 0 radical (unpaired) electrons. The predicted molar refractivity (Wildman–Crippen MR) is 113 cm³/mol. The van der Waals surface area contributed by atoms with Gasteiger partial charge in [-0.3, -0.25) is 9.59 Å². The standard InChI is InChI=1S/C23H33NO4/c1-18(2)23(26)28-16-12-8-6-4-5-7-11-15-27-21-17-22(25)24(3)20-14-10-9-13-19(20)21/h9-10,13-14,17-18H,4-8,11-12,15-16H2,1-3H3. The number of carbonyl (C=O) groups excluding carboxylic acids is 1. The number of fused-ring (bicyclic) bond motifs is 1. The maximum atomic E-state index is 12.1. The summed E-state index contributed by atoms with van der Waals surface area (Å²) >= 11 is 0. The summed E-state index contributed by atoms with van der Waals surface area (Å²) < 4.78 is 12.7. The quantitative estimate of drug-likeness (QED) is 0.386. The Morgan fingerprint density at radius 3 is 2.25 bits per heavy atom. The number of hydrogen-bond acceptors (Lipinski definition) is 4. The molecule has 5 nitrogen and oxygen atoms in total. The second-order valence-corrected chi connectivity index (χ2v) is 7.57. The third-order valence-corrected chi connectivity index (χ3v) is 4.88. The van der Waals surface area contributed by atoms with Gasteiger partial charge in [-0.25, -0.2) is 0 Å². The van der Waals surface area contributed by atoms with Crippen molar-refractivity contribution in [2.45, 2.75) is 58.8 Å². The Morgan fingerprint density at radius 1 is 0.964 bits per heavy atom. The minimum atomic E-state index is -0.107. The first-order valence-corrected chi connectivity index (χ1v) is 10.4. The van der Waals surface area contributed by atoms with Crippen molar-refractivity contribution < 1.29 is 14.3 Å². The summed E-state index contributed by atoms with van der Waals surface area (Å²) in [6.45, 7) is 4.87. The van der Waals surface area contributed by atoms with Gasteiger partial charge < -0.3 is 14.0 Å². The van der Waals surface area contributed by atoms with Crippen LogP contribution in [0.1, 0.15) is 58.8 Å². The molecule has 154 valence electrons. The van der Waals surface area contributed by atoms with Gasteiger partial charge in [-0.05, 0) is 25.0 Å². The summed E-state index contributed by atoms with van der Waals surface area (Å²) in [6, 6.07) is 9.40. The topological polar surface area (TPSA) is 57.5 Å². The van der Waals surface area contributed by atoms with Gasteiger partial charge in [0.15, 0.2) is 0 Å². The van der Waals surface area contributed by atoms with Crippen molar-refractivity contribution in [1.82, 2.24) is 4.57 Å². The van der Waals surface area contributed by atoms with Crippen LogP contribution in [0.2, 0.25) is 0 Å². The van der Waals surface area contributed by atoms with Crippen LogP contribution in [-0.4, -0.2) is 23.8 Å². The summed E-state index contributed by atoms with van der Waals surface area (Å²) in [5.41, 5.74) is 0.844. The van der Waals surface area contributed by atoms with E-state index in [-0.39, 0.29) is 17.4 Å². The molecule has 0 amide bonds. The molecular formula is C23H33NO4. The van der Waals surface area contributed by atoms with E-state index in [9.17, 15) is 9.59 Å². The van der Waals surface area contributed by atoms with Crippen LogP contribution in [0.3, 0.4) is 0 Å². The second-order valence-electron chi connectivity index (χ2n) is 7.57. The van der Waals surface area contributed by atoms with E-state index < -0.39 is 0 Å². The molecule has 0 aliphatic heterocycles. The molecule has 0 N–H and O–H groups in total. The van der Waals surface area contributed by atoms with E-state index in [1.807, 2.05) is 38.1 Å². The number of hydrogen-bond donors (Lipinski definition) is 0. The molecule has 2 aromatic rings. The van der Waals surface area contributed by atoms with E-state index in [0.29, 0.717) is 19.0 Å². The smallest absolute Gasteiger partial charge is 0.308 e. The highest BCUT2D eigenvalue weighted by Crippen LogP contribution is 2.23. The zero-order valence-electron chi connectivity index (χ0n) is 17.4. The van der Waals surface area contributed by atoms with Crippen molar-refractivity contribution in [2.24, 2.45) is 13.0 Å². The molecule has 0 aliphatic carbocycles. The van der Waals surface area contributed by atoms with Crippen LogP contribution in [0.5, 0.6) is 5.75 Å². The summed E-state index contributed by atoms with van der Waals surface area (Å²) in [5.74, 6) is 0.526. The molecule has 0 saturated carbocycles. The molecule has 0 atom stereocenters. The number of aromatic nitrogens is 1. The lowest BCUT2D eigenvalue weighted by atomic mass is 10.1. The van der Waals surface area contributed by atoms with Crippen molar-refractivity contribution in [3.63, 3.8) is 0 Å². The molecule has 0 spiro atoms. The minimum Gasteiger partial charge on any atom is -0.493 e. The van der Waals surface area contributed by atoms with E-state index in [2.05, 4.69) is 0 Å². The van der Waals surface area contributed by atoms with Crippen molar-refractivity contribution >= 4 is 16.9 Å². The Kier molecular flexibility index (Phi) is 9.05. The highest BCUT2D eigenvalue weighted by molar-refractivity contribution is 5.85. The van der Waals surface area contributed by atoms with Gasteiger partial charge in [0.2, 0.25) is 0 Å². The molecule has 0 saturated heterocycles. The molecule has 0 bridgehead atoms. The fraction of sp³-hybridized carbons (Fsp3) is 0.565. The van der Waals surface area contributed by atoms with Crippen LogP contribution >= 0.6 is 0 Å². The molecule has 1 aromatic carbocycles. The van der Waals surface area contributed by atoms with Gasteiger partial charge in [0, 0.05) is 18.5 Å². The van der Waals surface area contributed by atoms with Crippen molar-refractivity contribution in [3.8, 4) is 5.75 Å². The van der Waals surface area contributed by atoms with Crippen LogP contribution in [0.15, 0.2) is 35.1 Å². The second kappa shape index (κ2) is 11.5. The van der Waals surface area contributed by atoms with E-state index in [1.165, 1.54) is 19.3 Å². The van der Waals surface area contributed by atoms with E-state index in [0.717, 1.165) is 36.6 Å². The van der Waals surface area contributed by atoms with Gasteiger partial charge in [0.05, 0.1) is 24.6 Å². The summed E-state index contributed by atoms with van der Waals surface area (Å²) in [6.07, 6.45) is 7.66. The molecule has 28 heavy (non-hydrogen) atoms. The predicted octanol–water partition coefficient (Wildman–Crippen LogP) is 4.85. The lowest BCUT2D eigenvalue weighted by Gasteiger charge is -2.11. The average molecular weight is 388 g/mol. The number of ether oxygens (including phenoxy) is 2. The Balaban J connectivity index is 1.58. The molecule has 1 aromatic heterocycles. The molecule has 0 unspecified atom stereocenters.